The Morgan fingerprint density at radius 2 is 1.86 bits per heavy atom. The van der Waals surface area contributed by atoms with Crippen LogP contribution >= 0.6 is 0 Å². The van der Waals surface area contributed by atoms with Gasteiger partial charge in [-0.1, -0.05) is 76.9 Å². The Hall–Kier alpha value is -2.57. The molecule has 2 aliphatic heterocycles. The fourth-order valence-electron chi connectivity index (χ4n) is 9.64. The maximum atomic E-state index is 11.2. The van der Waals surface area contributed by atoms with E-state index < -0.39 is 12.2 Å². The van der Waals surface area contributed by atoms with Gasteiger partial charge in [-0.2, -0.15) is 11.6 Å². The Kier molecular flexibility index (Phi) is 18.4. The molecular weight excluding hydrogens is 707 g/mol. The number of rotatable bonds is 26. The third-order valence-corrected chi connectivity index (χ3v) is 12.8. The van der Waals surface area contributed by atoms with E-state index in [4.69, 9.17) is 25.3 Å². The number of phenols is 1. The van der Waals surface area contributed by atoms with E-state index in [1.807, 2.05) is 18.2 Å². The van der Waals surface area contributed by atoms with Crippen LogP contribution in [0.4, 0.5) is 0 Å². The molecule has 8 N–H and O–H groups in total. The minimum absolute atomic E-state index is 0.0131. The van der Waals surface area contributed by atoms with Gasteiger partial charge in [0.25, 0.3) is 0 Å². The molecule has 0 spiro atoms. The molecule has 2 aliphatic carbocycles. The number of nitrogens with two attached hydrogens (primary N) is 1. The molecule has 0 bridgehead atoms. The summed E-state index contributed by atoms with van der Waals surface area (Å²) in [5.74, 6) is 3.27. The van der Waals surface area contributed by atoms with Crippen LogP contribution in [0.3, 0.4) is 0 Å². The van der Waals surface area contributed by atoms with Crippen molar-refractivity contribution in [2.24, 2.45) is 40.3 Å². The number of aliphatic hydroxyl groups excluding tert-OH is 4. The van der Waals surface area contributed by atoms with Crippen LogP contribution < -0.4 is 15.8 Å². The largest absolute Gasteiger partial charge is 0.504 e. The number of unbranched alkanes of at least 4 members (excludes halogenated alkanes) is 1. The Morgan fingerprint density at radius 1 is 1.04 bits per heavy atom. The number of hydrogen-bond donors (Lipinski definition) is 7. The van der Waals surface area contributed by atoms with Gasteiger partial charge in [-0.25, -0.2) is 0 Å². The van der Waals surface area contributed by atoms with Gasteiger partial charge in [0, 0.05) is 38.8 Å². The molecule has 2 heterocycles. The molecule has 0 aromatic heterocycles. The number of fused-ring (bicyclic) bond motifs is 2. The Labute approximate surface area is 337 Å². The van der Waals surface area contributed by atoms with E-state index in [1.54, 1.807) is 13.0 Å². The average molecular weight is 780 g/mol. The van der Waals surface area contributed by atoms with Crippen molar-refractivity contribution in [1.82, 2.24) is 5.32 Å². The van der Waals surface area contributed by atoms with Crippen LogP contribution in [0, 0.1) is 41.7 Å². The van der Waals surface area contributed by atoms with Gasteiger partial charge in [0.05, 0.1) is 18.1 Å². The number of ether oxygens (including phenoxy) is 2. The lowest BCUT2D eigenvalue weighted by Crippen LogP contribution is -2.34. The summed E-state index contributed by atoms with van der Waals surface area (Å²) >= 11 is 0. The third-order valence-electron chi connectivity index (χ3n) is 12.8. The first-order valence-corrected chi connectivity index (χ1v) is 22.0. The van der Waals surface area contributed by atoms with E-state index in [-0.39, 0.29) is 31.7 Å². The summed E-state index contributed by atoms with van der Waals surface area (Å²) in [5.41, 5.74) is 10.2. The Balaban J connectivity index is 1.06. The summed E-state index contributed by atoms with van der Waals surface area (Å²) in [7, 11) is 0. The SMILES string of the molecule is CC(O)CNCC1C2=C[C+](C(O)COc3cc(CC[C-]4C=C(CO)C(CCCCC(CCN)CCCC(C)CCCO)O4)ccc3O)N=C2CCC2CCCC21. The quantitative estimate of drug-likeness (QED) is 0.0398. The van der Waals surface area contributed by atoms with Gasteiger partial charge in [-0.05, 0) is 99.8 Å². The molecule has 314 valence electrons. The lowest BCUT2D eigenvalue weighted by molar-refractivity contribution is 0.102. The molecule has 0 saturated heterocycles. The predicted molar refractivity (Wildman–Crippen MR) is 223 cm³/mol. The minimum atomic E-state index is -0.931. The highest BCUT2D eigenvalue weighted by Crippen LogP contribution is 2.47. The van der Waals surface area contributed by atoms with Gasteiger partial charge in [0.2, 0.25) is 0 Å². The van der Waals surface area contributed by atoms with E-state index in [0.717, 1.165) is 87.4 Å². The van der Waals surface area contributed by atoms with E-state index in [9.17, 15) is 20.4 Å². The van der Waals surface area contributed by atoms with Crippen LogP contribution in [0.15, 0.2) is 46.5 Å². The zero-order valence-corrected chi connectivity index (χ0v) is 34.3. The molecule has 0 radical (unpaired) electrons. The number of aryl methyl sites for hydroxylation is 1. The maximum Gasteiger partial charge on any atom is 0.189 e. The summed E-state index contributed by atoms with van der Waals surface area (Å²) in [4.78, 5) is 4.92. The first kappa shape index (κ1) is 44.5. The van der Waals surface area contributed by atoms with Crippen LogP contribution in [0.1, 0.15) is 122 Å². The van der Waals surface area contributed by atoms with Crippen molar-refractivity contribution < 1.29 is 35.0 Å². The van der Waals surface area contributed by atoms with E-state index in [2.05, 4.69) is 18.3 Å². The average Bonchev–Trinajstić information content (AvgIpc) is 3.92. The van der Waals surface area contributed by atoms with Crippen LogP contribution in [-0.2, 0) is 11.2 Å². The van der Waals surface area contributed by atoms with Gasteiger partial charge < -0.3 is 46.1 Å². The van der Waals surface area contributed by atoms with Crippen LogP contribution in [0.2, 0.25) is 0 Å². The lowest BCUT2D eigenvalue weighted by atomic mass is 9.80. The normalized spacial score (nSPS) is 24.2. The van der Waals surface area contributed by atoms with E-state index in [0.29, 0.717) is 60.8 Å². The number of nitrogens with zero attached hydrogens (tertiary/aromatic N) is 1. The highest BCUT2D eigenvalue weighted by molar-refractivity contribution is 6.04. The fraction of sp³-hybridized carbons (Fsp3) is 0.717. The lowest BCUT2D eigenvalue weighted by Gasteiger charge is -2.25. The van der Waals surface area contributed by atoms with Crippen molar-refractivity contribution in [2.75, 3.05) is 39.5 Å². The standard InChI is InChI=1S/C46H73N3O7/c1-31(9-7-23-50)8-5-11-33(21-22-47)10-3-4-14-45-36(29-51)25-37(56-45)18-15-34-16-20-43(53)46(24-34)55-30-44(54)42-26-39-40(28-48-27-32(2)52)38-13-6-12-35(38)17-19-41(39)49-42/h16,20,24-26,31-33,35,38,40,44-45,48,50-54H,3-15,17-19,21-23,27-30,47H2,1-2H3. The van der Waals surface area contributed by atoms with Crippen molar-refractivity contribution in [3.8, 4) is 11.5 Å². The van der Waals surface area contributed by atoms with Crippen molar-refractivity contribution in [2.45, 2.75) is 141 Å². The zero-order chi connectivity index (χ0) is 39.9. The van der Waals surface area contributed by atoms with Crippen molar-refractivity contribution in [1.29, 1.82) is 0 Å². The molecule has 8 atom stereocenters. The number of aromatic hydroxyl groups is 1. The number of benzene rings is 1. The summed E-state index contributed by atoms with van der Waals surface area (Å²) in [5, 5.41) is 54.4. The monoisotopic (exact) mass is 780 g/mol. The molecule has 4 aliphatic rings. The van der Waals surface area contributed by atoms with Gasteiger partial charge in [-0.3, -0.25) is 0 Å². The third kappa shape index (κ3) is 13.2. The van der Waals surface area contributed by atoms with Crippen molar-refractivity contribution in [3.63, 3.8) is 0 Å². The number of hydrogen-bond acceptors (Lipinski definition) is 10. The summed E-state index contributed by atoms with van der Waals surface area (Å²) in [6, 6.07) is 5.96. The summed E-state index contributed by atoms with van der Waals surface area (Å²) in [6.45, 7) is 6.41. The van der Waals surface area contributed by atoms with Gasteiger partial charge in [0.15, 0.2) is 29.4 Å². The second-order valence-corrected chi connectivity index (χ2v) is 17.3. The predicted octanol–water partition coefficient (Wildman–Crippen LogP) is 6.73. The number of aliphatic imine (C=N–C) groups is 1. The number of aliphatic hydroxyl groups is 4. The van der Waals surface area contributed by atoms with Crippen LogP contribution in [0.25, 0.3) is 0 Å². The second kappa shape index (κ2) is 23.1. The Bertz CT molecular complexity index is 1410. The highest BCUT2D eigenvalue weighted by atomic mass is 16.5. The topological polar surface area (TPSA) is 170 Å². The first-order chi connectivity index (χ1) is 27.2. The molecule has 5 rings (SSSR count). The zero-order valence-electron chi connectivity index (χ0n) is 34.3. The molecule has 2 fully saturated rings. The molecule has 8 unspecified atom stereocenters. The molecule has 0 amide bonds. The van der Waals surface area contributed by atoms with Crippen LogP contribution in [-0.4, -0.2) is 89.0 Å². The molecule has 56 heavy (non-hydrogen) atoms. The first-order valence-electron chi connectivity index (χ1n) is 22.0. The smallest absolute Gasteiger partial charge is 0.189 e. The second-order valence-electron chi connectivity index (χ2n) is 17.3. The van der Waals surface area contributed by atoms with Gasteiger partial charge in [-0.15, -0.1) is 4.99 Å². The summed E-state index contributed by atoms with van der Waals surface area (Å²) in [6.07, 6.45) is 21.6. The van der Waals surface area contributed by atoms with Gasteiger partial charge >= 0.3 is 0 Å². The van der Waals surface area contributed by atoms with E-state index >= 15 is 0 Å². The molecular formula is C46H73N3O7. The van der Waals surface area contributed by atoms with Gasteiger partial charge in [0.1, 0.15) is 12.2 Å². The highest BCUT2D eigenvalue weighted by Gasteiger charge is 2.47. The van der Waals surface area contributed by atoms with Crippen molar-refractivity contribution in [3.05, 3.63) is 59.2 Å². The maximum absolute atomic E-state index is 11.2. The molecule has 1 aromatic rings. The number of nitrogens with one attached hydrogen (secondary N) is 1. The molecule has 2 saturated carbocycles. The van der Waals surface area contributed by atoms with E-state index in [1.165, 1.54) is 50.5 Å². The molecule has 10 nitrogen and oxygen atoms in total. The minimum Gasteiger partial charge on any atom is -0.504 e. The molecule has 10 heteroatoms. The van der Waals surface area contributed by atoms with Crippen molar-refractivity contribution >= 4 is 5.71 Å². The summed E-state index contributed by atoms with van der Waals surface area (Å²) < 4.78 is 12.4. The Morgan fingerprint density at radius 3 is 2.64 bits per heavy atom. The fourth-order valence-corrected chi connectivity index (χ4v) is 9.64. The van der Waals surface area contributed by atoms with Crippen LogP contribution in [0.5, 0.6) is 11.5 Å². The molecule has 1 aromatic carbocycles. The number of phenolic OH excluding ortho intramolecular Hbond substituents is 1.